The number of carbonyl (C=O) groups excluding carboxylic acids is 1. The van der Waals surface area contributed by atoms with Crippen LogP contribution in [0.4, 0.5) is 4.79 Å². The van der Waals surface area contributed by atoms with Crippen molar-refractivity contribution < 1.29 is 9.53 Å². The fourth-order valence-corrected chi connectivity index (χ4v) is 0.977. The number of benzene rings is 1. The van der Waals surface area contributed by atoms with E-state index in [0.29, 0.717) is 11.4 Å². The molecule has 0 heterocycles. The number of allylic oxidation sites excluding steroid dienone is 1. The molecule has 1 amide bonds. The van der Waals surface area contributed by atoms with Crippen LogP contribution in [-0.2, 0) is 0 Å². The monoisotopic (exact) mass is 231 g/mol. The van der Waals surface area contributed by atoms with E-state index in [1.807, 2.05) is 6.07 Å². The fraction of sp³-hybridized carbons (Fsp3) is 0. The maximum absolute atomic E-state index is 11.4. The number of nitrogens with zero attached hydrogens (tertiary/aromatic N) is 1. The molecular formula is C12H13N3O2. The van der Waals surface area contributed by atoms with E-state index in [-0.39, 0.29) is 0 Å². The Kier molecular flexibility index (Phi) is 5.03. The van der Waals surface area contributed by atoms with Crippen molar-refractivity contribution >= 4 is 12.4 Å². The summed E-state index contributed by atoms with van der Waals surface area (Å²) < 4.78 is 4.98. The zero-order valence-corrected chi connectivity index (χ0v) is 9.17. The van der Waals surface area contributed by atoms with E-state index in [1.54, 1.807) is 24.3 Å². The average molecular weight is 231 g/mol. The highest BCUT2D eigenvalue weighted by atomic mass is 16.6. The lowest BCUT2D eigenvalue weighted by Gasteiger charge is -2.05. The van der Waals surface area contributed by atoms with E-state index in [2.05, 4.69) is 16.9 Å². The zero-order valence-electron chi connectivity index (χ0n) is 9.17. The molecule has 3 N–H and O–H groups in total. The van der Waals surface area contributed by atoms with Gasteiger partial charge in [0.05, 0.1) is 6.34 Å². The first-order valence-corrected chi connectivity index (χ1v) is 4.85. The second kappa shape index (κ2) is 6.84. The maximum atomic E-state index is 11.4. The van der Waals surface area contributed by atoms with Crippen LogP contribution in [0.25, 0.3) is 0 Å². The molecule has 0 saturated carbocycles. The Morgan fingerprint density at radius 3 is 2.76 bits per heavy atom. The lowest BCUT2D eigenvalue weighted by Crippen LogP contribution is -2.24. The van der Waals surface area contributed by atoms with Crippen LogP contribution in [-0.4, -0.2) is 12.4 Å². The number of nitrogens with two attached hydrogens (primary N) is 1. The summed E-state index contributed by atoms with van der Waals surface area (Å²) in [7, 11) is 0. The molecule has 88 valence electrons. The minimum Gasteiger partial charge on any atom is -0.410 e. The number of hydrogen-bond acceptors (Lipinski definition) is 3. The Bertz CT molecular complexity index is 438. The predicted octanol–water partition coefficient (Wildman–Crippen LogP) is 1.79. The third-order valence-corrected chi connectivity index (χ3v) is 1.66. The average Bonchev–Trinajstić information content (AvgIpc) is 2.30. The van der Waals surface area contributed by atoms with Crippen LogP contribution in [0.5, 0.6) is 5.75 Å². The van der Waals surface area contributed by atoms with Gasteiger partial charge in [-0.1, -0.05) is 24.8 Å². The van der Waals surface area contributed by atoms with Gasteiger partial charge in [-0.3, -0.25) is 5.32 Å². The Labute approximate surface area is 99.3 Å². The van der Waals surface area contributed by atoms with Gasteiger partial charge in [0, 0.05) is 11.9 Å². The Morgan fingerprint density at radius 1 is 1.41 bits per heavy atom. The van der Waals surface area contributed by atoms with Crippen molar-refractivity contribution in [1.29, 1.82) is 0 Å². The molecule has 0 aliphatic carbocycles. The number of nitrogens with one attached hydrogen (secondary N) is 1. The lowest BCUT2D eigenvalue weighted by atomic mass is 10.3. The third-order valence-electron chi connectivity index (χ3n) is 1.66. The highest BCUT2D eigenvalue weighted by Gasteiger charge is 2.03. The van der Waals surface area contributed by atoms with Gasteiger partial charge in [-0.25, -0.2) is 9.79 Å². The van der Waals surface area contributed by atoms with E-state index in [0.717, 1.165) is 6.34 Å². The van der Waals surface area contributed by atoms with Crippen molar-refractivity contribution in [3.8, 4) is 5.75 Å². The summed E-state index contributed by atoms with van der Waals surface area (Å²) >= 11 is 0. The number of carbonyl (C=O) groups is 1. The summed E-state index contributed by atoms with van der Waals surface area (Å²) in [6.07, 6.45) is 3.43. The molecule has 0 saturated heterocycles. The molecule has 5 heteroatoms. The molecule has 0 bridgehead atoms. The molecule has 0 spiro atoms. The predicted molar refractivity (Wildman–Crippen MR) is 66.6 cm³/mol. The normalized spacial score (nSPS) is 10.6. The van der Waals surface area contributed by atoms with Gasteiger partial charge >= 0.3 is 6.09 Å². The number of para-hydroxylation sites is 1. The number of rotatable bonds is 4. The van der Waals surface area contributed by atoms with Crippen LogP contribution in [0.1, 0.15) is 0 Å². The summed E-state index contributed by atoms with van der Waals surface area (Å²) in [5, 5.41) is 2.43. The van der Waals surface area contributed by atoms with Crippen molar-refractivity contribution in [1.82, 2.24) is 5.32 Å². The molecule has 0 unspecified atom stereocenters. The number of ether oxygens (including phenoxy) is 1. The minimum absolute atomic E-state index is 0.358. The van der Waals surface area contributed by atoms with Crippen molar-refractivity contribution in [3.63, 3.8) is 0 Å². The number of amides is 1. The molecule has 0 radical (unpaired) electrons. The molecule has 0 fully saturated rings. The fourth-order valence-electron chi connectivity index (χ4n) is 0.977. The third kappa shape index (κ3) is 5.17. The van der Waals surface area contributed by atoms with E-state index < -0.39 is 6.09 Å². The van der Waals surface area contributed by atoms with Crippen LogP contribution < -0.4 is 15.8 Å². The summed E-state index contributed by atoms with van der Waals surface area (Å²) in [6, 6.07) is 8.73. The van der Waals surface area contributed by atoms with Crippen molar-refractivity contribution in [3.05, 3.63) is 54.9 Å². The van der Waals surface area contributed by atoms with Crippen molar-refractivity contribution in [2.45, 2.75) is 0 Å². The van der Waals surface area contributed by atoms with Gasteiger partial charge in [0.2, 0.25) is 0 Å². The summed E-state index contributed by atoms with van der Waals surface area (Å²) in [4.78, 5) is 15.0. The molecule has 0 atom stereocenters. The van der Waals surface area contributed by atoms with Crippen LogP contribution in [0.3, 0.4) is 0 Å². The van der Waals surface area contributed by atoms with Crippen molar-refractivity contribution in [2.24, 2.45) is 10.7 Å². The molecular weight excluding hydrogens is 218 g/mol. The van der Waals surface area contributed by atoms with E-state index in [9.17, 15) is 4.79 Å². The van der Waals surface area contributed by atoms with Crippen LogP contribution in [0.2, 0.25) is 0 Å². The van der Waals surface area contributed by atoms with Gasteiger partial charge in [0.15, 0.2) is 0 Å². The molecule has 0 aromatic heterocycles. The Balaban J connectivity index is 2.42. The second-order valence-electron chi connectivity index (χ2n) is 2.97. The van der Waals surface area contributed by atoms with Crippen molar-refractivity contribution in [2.75, 3.05) is 0 Å². The minimum atomic E-state index is -0.609. The molecule has 1 rings (SSSR count). The summed E-state index contributed by atoms with van der Waals surface area (Å²) in [5.41, 5.74) is 5.39. The zero-order chi connectivity index (χ0) is 12.5. The molecule has 0 aliphatic heterocycles. The van der Waals surface area contributed by atoms with Gasteiger partial charge in [-0.05, 0) is 18.2 Å². The quantitative estimate of drug-likeness (QED) is 0.471. The molecule has 0 aliphatic rings. The Morgan fingerprint density at radius 2 is 2.12 bits per heavy atom. The van der Waals surface area contributed by atoms with Gasteiger partial charge in [0.1, 0.15) is 5.75 Å². The number of hydrogen-bond donors (Lipinski definition) is 2. The largest absolute Gasteiger partial charge is 0.417 e. The second-order valence-corrected chi connectivity index (χ2v) is 2.97. The topological polar surface area (TPSA) is 76.7 Å². The highest BCUT2D eigenvalue weighted by Crippen LogP contribution is 2.08. The van der Waals surface area contributed by atoms with E-state index in [1.165, 1.54) is 12.3 Å². The van der Waals surface area contributed by atoms with E-state index in [4.69, 9.17) is 10.5 Å². The van der Waals surface area contributed by atoms with Gasteiger partial charge < -0.3 is 10.5 Å². The van der Waals surface area contributed by atoms with Gasteiger partial charge in [-0.2, -0.15) is 0 Å². The van der Waals surface area contributed by atoms with Gasteiger partial charge in [0.25, 0.3) is 0 Å². The van der Waals surface area contributed by atoms with Gasteiger partial charge in [-0.15, -0.1) is 0 Å². The van der Waals surface area contributed by atoms with Crippen LogP contribution >= 0.6 is 0 Å². The molecule has 1 aromatic rings. The van der Waals surface area contributed by atoms with E-state index >= 15 is 0 Å². The van der Waals surface area contributed by atoms with Crippen LogP contribution in [0, 0.1) is 0 Å². The molecule has 5 nitrogen and oxygen atoms in total. The molecule has 1 aromatic carbocycles. The maximum Gasteiger partial charge on any atom is 0.417 e. The standard InChI is InChI=1S/C12H13N3O2/c1-10(7-8-14-9-13)15-12(16)17-11-5-3-2-4-6-11/h2-9H,1H2,(H2,13,14)(H,15,16)/b8-7-. The Hall–Kier alpha value is -2.56. The van der Waals surface area contributed by atoms with Crippen LogP contribution in [0.15, 0.2) is 59.9 Å². The first kappa shape index (κ1) is 12.5. The highest BCUT2D eigenvalue weighted by molar-refractivity contribution is 5.72. The summed E-state index contributed by atoms with van der Waals surface area (Å²) in [5.74, 6) is 0.460. The first-order chi connectivity index (χ1) is 8.22. The lowest BCUT2D eigenvalue weighted by molar-refractivity contribution is 0.204. The smallest absolute Gasteiger partial charge is 0.410 e. The number of aliphatic imine (C=N–C) groups is 1. The SMILES string of the molecule is C=C(/C=C\N=C/N)NC(=O)Oc1ccccc1. The molecule has 17 heavy (non-hydrogen) atoms. The first-order valence-electron chi connectivity index (χ1n) is 4.85. The summed E-state index contributed by atoms with van der Waals surface area (Å²) in [6.45, 7) is 3.59.